The first-order chi connectivity index (χ1) is 14.2. The highest BCUT2D eigenvalue weighted by atomic mass is 35.5. The fraction of sp³-hybridized carbons (Fsp3) is 0.200. The van der Waals surface area contributed by atoms with E-state index in [1.165, 1.54) is 29.2 Å². The van der Waals surface area contributed by atoms with E-state index < -0.39 is 23.8 Å². The maximum Gasteiger partial charge on any atom is 0.416 e. The molecule has 2 aromatic carbocycles. The van der Waals surface area contributed by atoms with E-state index in [1.54, 1.807) is 24.3 Å². The third kappa shape index (κ3) is 5.74. The average molecular weight is 440 g/mol. The lowest BCUT2D eigenvalue weighted by Gasteiger charge is -2.14. The highest BCUT2D eigenvalue weighted by molar-refractivity contribution is 6.30. The van der Waals surface area contributed by atoms with Gasteiger partial charge < -0.3 is 15.2 Å². The van der Waals surface area contributed by atoms with Gasteiger partial charge >= 0.3 is 6.18 Å². The molecule has 3 rings (SSSR count). The van der Waals surface area contributed by atoms with Crippen molar-refractivity contribution in [1.29, 1.82) is 0 Å². The quantitative estimate of drug-likeness (QED) is 0.588. The summed E-state index contributed by atoms with van der Waals surface area (Å²) in [7, 11) is 0. The summed E-state index contributed by atoms with van der Waals surface area (Å²) in [5, 5.41) is 17.1. The van der Waals surface area contributed by atoms with Crippen molar-refractivity contribution in [2.45, 2.75) is 12.3 Å². The first kappa shape index (κ1) is 21.7. The van der Waals surface area contributed by atoms with Gasteiger partial charge in [-0.05, 0) is 36.4 Å². The third-order valence-electron chi connectivity index (χ3n) is 4.02. The lowest BCUT2D eigenvalue weighted by Crippen LogP contribution is -2.35. The molecule has 0 fully saturated rings. The van der Waals surface area contributed by atoms with Crippen LogP contribution in [0.15, 0.2) is 60.9 Å². The Balaban J connectivity index is 1.50. The lowest BCUT2D eigenvalue weighted by molar-refractivity contribution is -0.137. The van der Waals surface area contributed by atoms with Gasteiger partial charge in [0.2, 0.25) is 0 Å². The minimum absolute atomic E-state index is 0.0296. The predicted molar refractivity (Wildman–Crippen MR) is 104 cm³/mol. The molecule has 2 N–H and O–H groups in total. The van der Waals surface area contributed by atoms with Crippen molar-refractivity contribution < 1.29 is 27.8 Å². The van der Waals surface area contributed by atoms with Gasteiger partial charge in [0.25, 0.3) is 5.91 Å². The number of halogens is 4. The molecular weight excluding hydrogens is 423 g/mol. The number of rotatable bonds is 7. The number of amides is 1. The van der Waals surface area contributed by atoms with E-state index in [2.05, 4.69) is 10.4 Å². The molecule has 10 heteroatoms. The van der Waals surface area contributed by atoms with Crippen LogP contribution < -0.4 is 10.1 Å². The van der Waals surface area contributed by atoms with Crippen molar-refractivity contribution in [3.8, 4) is 11.4 Å². The van der Waals surface area contributed by atoms with Crippen LogP contribution in [0.3, 0.4) is 0 Å². The molecule has 0 saturated heterocycles. The van der Waals surface area contributed by atoms with E-state index in [-0.39, 0.29) is 24.5 Å². The number of benzene rings is 2. The van der Waals surface area contributed by atoms with Crippen LogP contribution in [-0.4, -0.2) is 40.0 Å². The van der Waals surface area contributed by atoms with Gasteiger partial charge in [-0.2, -0.15) is 18.3 Å². The normalized spacial score (nSPS) is 12.4. The smallest absolute Gasteiger partial charge is 0.416 e. The third-order valence-corrected chi connectivity index (χ3v) is 4.25. The van der Waals surface area contributed by atoms with Gasteiger partial charge in [0.1, 0.15) is 18.5 Å². The molecule has 1 atom stereocenters. The topological polar surface area (TPSA) is 76.4 Å². The Morgan fingerprint density at radius 3 is 2.73 bits per heavy atom. The Hall–Kier alpha value is -3.04. The molecule has 1 unspecified atom stereocenters. The van der Waals surface area contributed by atoms with E-state index in [0.717, 1.165) is 12.1 Å². The fourth-order valence-corrected chi connectivity index (χ4v) is 2.71. The second kappa shape index (κ2) is 9.19. The largest absolute Gasteiger partial charge is 0.491 e. The Kier molecular flexibility index (Phi) is 6.63. The maximum absolute atomic E-state index is 12.7. The van der Waals surface area contributed by atoms with Crippen LogP contribution in [0, 0.1) is 0 Å². The second-order valence-electron chi connectivity index (χ2n) is 6.35. The molecule has 6 nitrogen and oxygen atoms in total. The fourth-order valence-electron chi connectivity index (χ4n) is 2.53. The molecule has 0 bridgehead atoms. The summed E-state index contributed by atoms with van der Waals surface area (Å²) in [6.07, 6.45) is -2.73. The summed E-state index contributed by atoms with van der Waals surface area (Å²) < 4.78 is 44.8. The average Bonchev–Trinajstić information content (AvgIpc) is 3.20. The van der Waals surface area contributed by atoms with Crippen LogP contribution in [0.2, 0.25) is 5.02 Å². The first-order valence-corrected chi connectivity index (χ1v) is 9.17. The standard InChI is InChI=1S/C20H17ClF3N3O3/c21-15-4-2-5-16(8-15)27-11-13(9-26-27)19(29)25-10-17(28)12-30-18-6-1-3-14(7-18)20(22,23)24/h1-9,11,17,28H,10,12H2,(H,25,29). The number of aromatic nitrogens is 2. The molecule has 1 aromatic heterocycles. The predicted octanol–water partition coefficient (Wildman–Crippen LogP) is 3.71. The number of aliphatic hydroxyl groups excluding tert-OH is 1. The molecule has 3 aromatic rings. The number of nitrogens with zero attached hydrogens (tertiary/aromatic N) is 2. The van der Waals surface area contributed by atoms with Crippen molar-refractivity contribution in [1.82, 2.24) is 15.1 Å². The number of hydrogen-bond acceptors (Lipinski definition) is 4. The van der Waals surface area contributed by atoms with Crippen LogP contribution in [-0.2, 0) is 6.18 Å². The van der Waals surface area contributed by atoms with Gasteiger partial charge in [-0.1, -0.05) is 23.7 Å². The lowest BCUT2D eigenvalue weighted by atomic mass is 10.2. The molecule has 0 aliphatic carbocycles. The molecule has 0 aliphatic rings. The first-order valence-electron chi connectivity index (χ1n) is 8.79. The van der Waals surface area contributed by atoms with Crippen molar-refractivity contribution in [2.24, 2.45) is 0 Å². The molecule has 1 amide bonds. The molecule has 0 spiro atoms. The van der Waals surface area contributed by atoms with E-state index in [0.29, 0.717) is 10.7 Å². The van der Waals surface area contributed by atoms with Crippen molar-refractivity contribution in [3.63, 3.8) is 0 Å². The minimum Gasteiger partial charge on any atom is -0.491 e. The number of nitrogens with one attached hydrogen (secondary N) is 1. The van der Waals surface area contributed by atoms with Gasteiger partial charge in [-0.25, -0.2) is 4.68 Å². The number of ether oxygens (including phenoxy) is 1. The highest BCUT2D eigenvalue weighted by Gasteiger charge is 2.30. The van der Waals surface area contributed by atoms with Crippen molar-refractivity contribution in [2.75, 3.05) is 13.2 Å². The van der Waals surface area contributed by atoms with Crippen LogP contribution in [0.1, 0.15) is 15.9 Å². The summed E-state index contributed by atoms with van der Waals surface area (Å²) in [6.45, 7) is -0.441. The molecule has 0 aliphatic heterocycles. The zero-order valence-corrected chi connectivity index (χ0v) is 16.2. The van der Waals surface area contributed by atoms with Crippen LogP contribution in [0.25, 0.3) is 5.69 Å². The summed E-state index contributed by atoms with van der Waals surface area (Å²) in [5.41, 5.74) is 0.0940. The van der Waals surface area contributed by atoms with Crippen LogP contribution in [0.4, 0.5) is 13.2 Å². The Labute approximate surface area is 174 Å². The monoisotopic (exact) mass is 439 g/mol. The molecular formula is C20H17ClF3N3O3. The highest BCUT2D eigenvalue weighted by Crippen LogP contribution is 2.31. The molecule has 0 radical (unpaired) electrons. The van der Waals surface area contributed by atoms with Gasteiger partial charge in [0, 0.05) is 17.8 Å². The summed E-state index contributed by atoms with van der Waals surface area (Å²) in [6, 6.07) is 11.3. The SMILES string of the molecule is O=C(NCC(O)COc1cccc(C(F)(F)F)c1)c1cnn(-c2cccc(Cl)c2)c1. The summed E-state index contributed by atoms with van der Waals surface area (Å²) >= 11 is 5.94. The molecule has 30 heavy (non-hydrogen) atoms. The number of aliphatic hydroxyl groups is 1. The molecule has 0 saturated carbocycles. The van der Waals surface area contributed by atoms with Gasteiger partial charge in [0.15, 0.2) is 0 Å². The number of carbonyl (C=O) groups is 1. The summed E-state index contributed by atoms with van der Waals surface area (Å²) in [4.78, 5) is 12.2. The van der Waals surface area contributed by atoms with Crippen molar-refractivity contribution >= 4 is 17.5 Å². The van der Waals surface area contributed by atoms with E-state index in [9.17, 15) is 23.1 Å². The van der Waals surface area contributed by atoms with Gasteiger partial charge in [-0.15, -0.1) is 0 Å². The van der Waals surface area contributed by atoms with E-state index in [1.807, 2.05) is 0 Å². The van der Waals surface area contributed by atoms with E-state index >= 15 is 0 Å². The molecule has 158 valence electrons. The van der Waals surface area contributed by atoms with Crippen LogP contribution >= 0.6 is 11.6 Å². The van der Waals surface area contributed by atoms with Gasteiger partial charge in [-0.3, -0.25) is 4.79 Å². The number of hydrogen-bond donors (Lipinski definition) is 2. The Morgan fingerprint density at radius 2 is 2.00 bits per heavy atom. The Morgan fingerprint density at radius 1 is 1.23 bits per heavy atom. The zero-order chi connectivity index (χ0) is 21.7. The zero-order valence-electron chi connectivity index (χ0n) is 15.4. The number of alkyl halides is 3. The number of carbonyl (C=O) groups excluding carboxylic acids is 1. The Bertz CT molecular complexity index is 1020. The van der Waals surface area contributed by atoms with Crippen LogP contribution in [0.5, 0.6) is 5.75 Å². The second-order valence-corrected chi connectivity index (χ2v) is 6.79. The minimum atomic E-state index is -4.48. The van der Waals surface area contributed by atoms with Gasteiger partial charge in [0.05, 0.1) is 23.0 Å². The summed E-state index contributed by atoms with van der Waals surface area (Å²) in [5.74, 6) is -0.501. The van der Waals surface area contributed by atoms with E-state index in [4.69, 9.17) is 16.3 Å². The van der Waals surface area contributed by atoms with Crippen molar-refractivity contribution in [3.05, 3.63) is 77.1 Å². The maximum atomic E-state index is 12.7. The molecule has 1 heterocycles.